The number of rotatable bonds is 4. The zero-order chi connectivity index (χ0) is 16.3. The van der Waals surface area contributed by atoms with Crippen LogP contribution in [0, 0.1) is 0 Å². The topological polar surface area (TPSA) is 38.1 Å². The first-order valence-electron chi connectivity index (χ1n) is 6.35. The van der Waals surface area contributed by atoms with Gasteiger partial charge in [0.15, 0.2) is 5.69 Å². The van der Waals surface area contributed by atoms with E-state index in [0.29, 0.717) is 6.54 Å². The zero-order valence-electron chi connectivity index (χ0n) is 11.6. The molecule has 1 heterocycles. The number of hydrogen-bond donors (Lipinski definition) is 0. The summed E-state index contributed by atoms with van der Waals surface area (Å²) in [7, 11) is 1.59. The number of carbonyl (C=O) groups excluding carboxylic acids is 1. The first-order chi connectivity index (χ1) is 10.3. The highest BCUT2D eigenvalue weighted by Crippen LogP contribution is 2.27. The largest absolute Gasteiger partial charge is 0.435 e. The molecule has 1 amide bonds. The first kappa shape index (κ1) is 16.5. The Labute approximate surface area is 133 Å². The Morgan fingerprint density at radius 3 is 2.59 bits per heavy atom. The molecule has 0 unspecified atom stereocenters. The van der Waals surface area contributed by atoms with Gasteiger partial charge >= 0.3 is 6.18 Å². The highest BCUT2D eigenvalue weighted by Gasteiger charge is 2.33. The average Bonchev–Trinajstić information content (AvgIpc) is 2.89. The molecule has 0 radical (unpaired) electrons. The number of benzene rings is 1. The summed E-state index contributed by atoms with van der Waals surface area (Å²) in [6.45, 7) is 0.116. The molecule has 0 bridgehead atoms. The predicted molar refractivity (Wildman–Crippen MR) is 77.8 cm³/mol. The second-order valence-corrected chi connectivity index (χ2v) is 5.59. The van der Waals surface area contributed by atoms with E-state index >= 15 is 0 Å². The molecule has 0 saturated heterocycles. The van der Waals surface area contributed by atoms with Crippen LogP contribution in [0.4, 0.5) is 13.2 Å². The van der Waals surface area contributed by atoms with Crippen molar-refractivity contribution in [3.8, 4) is 0 Å². The molecule has 118 valence electrons. The maximum Gasteiger partial charge on any atom is 0.435 e. The predicted octanol–water partition coefficient (Wildman–Crippen LogP) is 3.32. The lowest BCUT2D eigenvalue weighted by molar-refractivity contribution is -0.142. The summed E-state index contributed by atoms with van der Waals surface area (Å²) in [4.78, 5) is 13.5. The summed E-state index contributed by atoms with van der Waals surface area (Å²) < 4.78 is 39.2. The molecular weight excluding hydrogens is 363 g/mol. The van der Waals surface area contributed by atoms with Crippen molar-refractivity contribution in [1.82, 2.24) is 14.7 Å². The summed E-state index contributed by atoms with van der Waals surface area (Å²) in [6.07, 6.45) is -3.36. The molecule has 8 heteroatoms. The highest BCUT2D eigenvalue weighted by atomic mass is 79.9. The van der Waals surface area contributed by atoms with Crippen molar-refractivity contribution in [3.05, 3.63) is 52.3 Å². The van der Waals surface area contributed by atoms with Crippen molar-refractivity contribution in [2.75, 3.05) is 7.05 Å². The summed E-state index contributed by atoms with van der Waals surface area (Å²) in [6, 6.07) is 8.28. The summed E-state index contributed by atoms with van der Waals surface area (Å²) >= 11 is 3.39. The van der Waals surface area contributed by atoms with E-state index in [1.165, 1.54) is 4.90 Å². The highest BCUT2D eigenvalue weighted by molar-refractivity contribution is 9.10. The van der Waals surface area contributed by atoms with Crippen molar-refractivity contribution in [3.63, 3.8) is 0 Å². The van der Waals surface area contributed by atoms with Crippen LogP contribution < -0.4 is 0 Å². The number of aromatic nitrogens is 2. The number of likely N-dealkylation sites (N-methyl/N-ethyl adjacent to an activating group) is 1. The summed E-state index contributed by atoms with van der Waals surface area (Å²) in [5.41, 5.74) is -0.0939. The van der Waals surface area contributed by atoms with Crippen LogP contribution in [0.5, 0.6) is 0 Å². The van der Waals surface area contributed by atoms with E-state index in [2.05, 4.69) is 21.0 Å². The molecule has 0 aliphatic carbocycles. The van der Waals surface area contributed by atoms with Crippen molar-refractivity contribution in [2.45, 2.75) is 19.3 Å². The molecule has 1 aromatic carbocycles. The number of carbonyl (C=O) groups is 1. The Bertz CT molecular complexity index is 669. The molecule has 1 aromatic heterocycles. The van der Waals surface area contributed by atoms with Gasteiger partial charge in [-0.15, -0.1) is 0 Å². The summed E-state index contributed by atoms with van der Waals surface area (Å²) in [5, 5.41) is 3.36. The SMILES string of the molecule is CN(Cc1ccccc1Br)C(=O)Cn1ccc(C(F)(F)F)n1. The normalized spacial score (nSPS) is 11.5. The van der Waals surface area contributed by atoms with Gasteiger partial charge in [-0.3, -0.25) is 9.48 Å². The third kappa shape index (κ3) is 4.09. The lowest BCUT2D eigenvalue weighted by atomic mass is 10.2. The standard InChI is InChI=1S/C14H13BrF3N3O/c1-20(8-10-4-2-3-5-11(10)15)13(22)9-21-7-6-12(19-21)14(16,17)18/h2-7H,8-9H2,1H3. The maximum atomic E-state index is 12.5. The number of amides is 1. The lowest BCUT2D eigenvalue weighted by Crippen LogP contribution is -2.30. The minimum atomic E-state index is -4.50. The van der Waals surface area contributed by atoms with Crippen molar-refractivity contribution < 1.29 is 18.0 Å². The Morgan fingerprint density at radius 2 is 2.00 bits per heavy atom. The molecule has 2 aromatic rings. The van der Waals surface area contributed by atoms with Gasteiger partial charge < -0.3 is 4.90 Å². The Hall–Kier alpha value is -1.83. The Balaban J connectivity index is 2.00. The fraction of sp³-hybridized carbons (Fsp3) is 0.286. The monoisotopic (exact) mass is 375 g/mol. The van der Waals surface area contributed by atoms with Gasteiger partial charge in [-0.1, -0.05) is 34.1 Å². The summed E-state index contributed by atoms with van der Waals surface area (Å²) in [5.74, 6) is -0.326. The number of nitrogens with zero attached hydrogens (tertiary/aromatic N) is 3. The molecular formula is C14H13BrF3N3O. The smallest absolute Gasteiger partial charge is 0.340 e. The first-order valence-corrected chi connectivity index (χ1v) is 7.14. The minimum Gasteiger partial charge on any atom is -0.340 e. The molecule has 0 aliphatic heterocycles. The van der Waals surface area contributed by atoms with Gasteiger partial charge in [-0.05, 0) is 17.7 Å². The van der Waals surface area contributed by atoms with Crippen LogP contribution >= 0.6 is 15.9 Å². The molecule has 2 rings (SSSR count). The third-order valence-corrected chi connectivity index (χ3v) is 3.79. The molecule has 0 spiro atoms. The number of alkyl halides is 3. The fourth-order valence-corrected chi connectivity index (χ4v) is 2.24. The number of halogens is 4. The lowest BCUT2D eigenvalue weighted by Gasteiger charge is -2.18. The molecule has 4 nitrogen and oxygen atoms in total. The van der Waals surface area contributed by atoms with E-state index in [4.69, 9.17) is 0 Å². The third-order valence-electron chi connectivity index (χ3n) is 3.02. The quantitative estimate of drug-likeness (QED) is 0.821. The van der Waals surface area contributed by atoms with E-state index in [9.17, 15) is 18.0 Å². The van der Waals surface area contributed by atoms with Gasteiger partial charge in [0, 0.05) is 24.3 Å². The van der Waals surface area contributed by atoms with Crippen molar-refractivity contribution >= 4 is 21.8 Å². The molecule has 0 N–H and O–H groups in total. The number of hydrogen-bond acceptors (Lipinski definition) is 2. The average molecular weight is 376 g/mol. The van der Waals surface area contributed by atoms with E-state index in [0.717, 1.165) is 27.0 Å². The van der Waals surface area contributed by atoms with E-state index in [-0.39, 0.29) is 12.5 Å². The van der Waals surface area contributed by atoms with Crippen LogP contribution in [-0.2, 0) is 24.1 Å². The van der Waals surface area contributed by atoms with Gasteiger partial charge in [0.2, 0.25) is 5.91 Å². The zero-order valence-corrected chi connectivity index (χ0v) is 13.2. The minimum absolute atomic E-state index is 0.239. The van der Waals surface area contributed by atoms with Crippen LogP contribution in [0.2, 0.25) is 0 Å². The van der Waals surface area contributed by atoms with Gasteiger partial charge in [0.05, 0.1) is 0 Å². The van der Waals surface area contributed by atoms with Crippen LogP contribution in [0.3, 0.4) is 0 Å². The van der Waals surface area contributed by atoms with Crippen LogP contribution in [0.25, 0.3) is 0 Å². The van der Waals surface area contributed by atoms with E-state index in [1.807, 2.05) is 24.3 Å². The maximum absolute atomic E-state index is 12.5. The molecule has 0 fully saturated rings. The van der Waals surface area contributed by atoms with Gasteiger partial charge in [0.1, 0.15) is 6.54 Å². The van der Waals surface area contributed by atoms with Crippen molar-refractivity contribution in [1.29, 1.82) is 0 Å². The molecule has 0 aliphatic rings. The van der Waals surface area contributed by atoms with Gasteiger partial charge in [-0.25, -0.2) is 0 Å². The van der Waals surface area contributed by atoms with E-state index in [1.54, 1.807) is 7.05 Å². The van der Waals surface area contributed by atoms with Crippen LogP contribution in [0.15, 0.2) is 41.0 Å². The second kappa shape index (κ2) is 6.51. The Kier molecular flexibility index (Phi) is 4.90. The molecule has 22 heavy (non-hydrogen) atoms. The van der Waals surface area contributed by atoms with Crippen LogP contribution in [0.1, 0.15) is 11.3 Å². The second-order valence-electron chi connectivity index (χ2n) is 4.74. The molecule has 0 saturated carbocycles. The van der Waals surface area contributed by atoms with Crippen molar-refractivity contribution in [2.24, 2.45) is 0 Å². The fourth-order valence-electron chi connectivity index (χ4n) is 1.83. The Morgan fingerprint density at radius 1 is 1.32 bits per heavy atom. The molecule has 0 atom stereocenters. The van der Waals surface area contributed by atoms with E-state index < -0.39 is 11.9 Å². The van der Waals surface area contributed by atoms with Crippen LogP contribution in [-0.4, -0.2) is 27.6 Å². The van der Waals surface area contributed by atoms with Gasteiger partial charge in [0.25, 0.3) is 0 Å². The van der Waals surface area contributed by atoms with Gasteiger partial charge in [-0.2, -0.15) is 18.3 Å².